The van der Waals surface area contributed by atoms with E-state index < -0.39 is 28.5 Å². The van der Waals surface area contributed by atoms with Gasteiger partial charge in [0.05, 0.1) is 10.6 Å². The number of amides is 2. The van der Waals surface area contributed by atoms with Gasteiger partial charge in [0, 0.05) is 33.2 Å². The molecule has 0 radical (unpaired) electrons. The van der Waals surface area contributed by atoms with E-state index in [4.69, 9.17) is 34.8 Å². The number of carbonyl (C=O) groups excluding carboxylic acids is 2. The molecule has 3 aromatic rings. The van der Waals surface area contributed by atoms with Crippen LogP contribution >= 0.6 is 34.8 Å². The van der Waals surface area contributed by atoms with Crippen LogP contribution in [-0.2, 0) is 26.2 Å². The lowest BCUT2D eigenvalue weighted by molar-refractivity contribution is -0.140. The van der Waals surface area contributed by atoms with Crippen molar-refractivity contribution in [3.05, 3.63) is 92.9 Å². The summed E-state index contributed by atoms with van der Waals surface area (Å²) in [5.41, 5.74) is 1.54. The van der Waals surface area contributed by atoms with Crippen LogP contribution in [0, 0.1) is 6.92 Å². The normalized spacial score (nSPS) is 12.2. The first kappa shape index (κ1) is 31.7. The van der Waals surface area contributed by atoms with E-state index in [-0.39, 0.29) is 35.5 Å². The van der Waals surface area contributed by atoms with Crippen LogP contribution in [0.15, 0.2) is 71.6 Å². The topological polar surface area (TPSA) is 86.8 Å². The van der Waals surface area contributed by atoms with Gasteiger partial charge in [0.2, 0.25) is 11.8 Å². The number of aryl methyl sites for hydroxylation is 1. The SMILES string of the molecule is CCC(C(=O)NC(C)C)N(Cc1c(Cl)cccc1Cl)C(=O)CN(c1cccc(Cl)c1)S(=O)(=O)c1ccc(C)cc1. The fraction of sp³-hybridized carbons (Fsp3) is 0.310. The Bertz CT molecular complexity index is 1440. The van der Waals surface area contributed by atoms with Crippen LogP contribution in [0.1, 0.15) is 38.3 Å². The van der Waals surface area contributed by atoms with Crippen LogP contribution in [-0.4, -0.2) is 43.8 Å². The fourth-order valence-corrected chi connectivity index (χ4v) is 6.26. The van der Waals surface area contributed by atoms with Crippen molar-refractivity contribution in [2.24, 2.45) is 0 Å². The number of nitrogens with zero attached hydrogens (tertiary/aromatic N) is 2. The smallest absolute Gasteiger partial charge is 0.264 e. The van der Waals surface area contributed by atoms with Crippen LogP contribution in [0.3, 0.4) is 0 Å². The summed E-state index contributed by atoms with van der Waals surface area (Å²) in [6.07, 6.45) is 0.272. The van der Waals surface area contributed by atoms with Gasteiger partial charge in [-0.2, -0.15) is 0 Å². The minimum atomic E-state index is -4.20. The van der Waals surface area contributed by atoms with Gasteiger partial charge in [-0.05, 0) is 69.7 Å². The molecule has 0 heterocycles. The molecular weight excluding hydrogens is 593 g/mol. The predicted octanol–water partition coefficient (Wildman–Crippen LogP) is 6.48. The molecule has 11 heteroatoms. The molecule has 1 atom stereocenters. The van der Waals surface area contributed by atoms with Gasteiger partial charge in [-0.3, -0.25) is 13.9 Å². The lowest BCUT2D eigenvalue weighted by Crippen LogP contribution is -2.53. The monoisotopic (exact) mass is 623 g/mol. The Morgan fingerprint density at radius 1 is 0.925 bits per heavy atom. The van der Waals surface area contributed by atoms with Gasteiger partial charge in [-0.25, -0.2) is 8.42 Å². The first-order valence-corrected chi connectivity index (χ1v) is 15.3. The highest BCUT2D eigenvalue weighted by molar-refractivity contribution is 7.92. The molecule has 0 fully saturated rings. The second kappa shape index (κ2) is 13.7. The number of benzene rings is 3. The average Bonchev–Trinajstić information content (AvgIpc) is 2.88. The maximum atomic E-state index is 14.1. The van der Waals surface area contributed by atoms with Gasteiger partial charge in [-0.1, -0.05) is 71.6 Å². The van der Waals surface area contributed by atoms with Crippen molar-refractivity contribution >= 4 is 62.3 Å². The molecule has 3 rings (SSSR count). The number of hydrogen-bond donors (Lipinski definition) is 1. The summed E-state index contributed by atoms with van der Waals surface area (Å²) in [4.78, 5) is 28.6. The van der Waals surface area contributed by atoms with Crippen molar-refractivity contribution in [1.82, 2.24) is 10.2 Å². The number of halogens is 3. The maximum Gasteiger partial charge on any atom is 0.264 e. The highest BCUT2D eigenvalue weighted by Gasteiger charge is 2.34. The summed E-state index contributed by atoms with van der Waals surface area (Å²) in [6.45, 7) is 6.56. The molecule has 1 unspecified atom stereocenters. The number of carbonyl (C=O) groups is 2. The van der Waals surface area contributed by atoms with Gasteiger partial charge in [0.15, 0.2) is 0 Å². The molecule has 0 aromatic heterocycles. The van der Waals surface area contributed by atoms with Crippen molar-refractivity contribution < 1.29 is 18.0 Å². The highest BCUT2D eigenvalue weighted by Crippen LogP contribution is 2.29. The molecule has 2 amide bonds. The minimum absolute atomic E-state index is 0.0103. The zero-order valence-electron chi connectivity index (χ0n) is 22.7. The van der Waals surface area contributed by atoms with E-state index in [0.717, 1.165) is 9.87 Å². The molecule has 0 aliphatic rings. The summed E-state index contributed by atoms with van der Waals surface area (Å²) in [5.74, 6) is -0.984. The summed E-state index contributed by atoms with van der Waals surface area (Å²) in [6, 6.07) is 16.4. The Labute approximate surface area is 251 Å². The summed E-state index contributed by atoms with van der Waals surface area (Å²) >= 11 is 19.1. The maximum absolute atomic E-state index is 14.1. The third-order valence-electron chi connectivity index (χ3n) is 6.19. The molecule has 0 aliphatic heterocycles. The number of sulfonamides is 1. The fourth-order valence-electron chi connectivity index (χ4n) is 4.15. The second-order valence-electron chi connectivity index (χ2n) is 9.61. The molecule has 0 aliphatic carbocycles. The Hall–Kier alpha value is -2.78. The van der Waals surface area contributed by atoms with Crippen molar-refractivity contribution in [3.8, 4) is 0 Å². The molecule has 0 saturated carbocycles. The molecule has 0 saturated heterocycles. The van der Waals surface area contributed by atoms with Crippen LogP contribution < -0.4 is 9.62 Å². The van der Waals surface area contributed by atoms with Gasteiger partial charge in [-0.15, -0.1) is 0 Å². The van der Waals surface area contributed by atoms with Crippen molar-refractivity contribution in [2.45, 2.75) is 57.6 Å². The molecule has 7 nitrogen and oxygen atoms in total. The standard InChI is InChI=1S/C29H32Cl3N3O4S/c1-5-27(29(37)33-19(2)3)34(17-24-25(31)10-7-11-26(24)32)28(36)18-35(22-9-6-8-21(30)16-22)40(38,39)23-14-12-20(4)13-15-23/h6-16,19,27H,5,17-18H2,1-4H3,(H,33,37). The molecular formula is C29H32Cl3N3O4S. The Morgan fingerprint density at radius 2 is 1.52 bits per heavy atom. The van der Waals surface area contributed by atoms with E-state index >= 15 is 0 Å². The molecule has 214 valence electrons. The summed E-state index contributed by atoms with van der Waals surface area (Å²) < 4.78 is 28.8. The van der Waals surface area contributed by atoms with Crippen molar-refractivity contribution in [1.29, 1.82) is 0 Å². The number of hydrogen-bond acceptors (Lipinski definition) is 4. The van der Waals surface area contributed by atoms with E-state index in [9.17, 15) is 18.0 Å². The van der Waals surface area contributed by atoms with Gasteiger partial charge < -0.3 is 10.2 Å². The first-order chi connectivity index (χ1) is 18.8. The number of anilines is 1. The molecule has 0 bridgehead atoms. The van der Waals surface area contributed by atoms with Crippen LogP contribution in [0.5, 0.6) is 0 Å². The van der Waals surface area contributed by atoms with E-state index in [1.807, 2.05) is 20.8 Å². The average molecular weight is 625 g/mol. The lowest BCUT2D eigenvalue weighted by atomic mass is 10.1. The van der Waals surface area contributed by atoms with Crippen molar-refractivity contribution in [3.63, 3.8) is 0 Å². The Balaban J connectivity index is 2.11. The van der Waals surface area contributed by atoms with Crippen molar-refractivity contribution in [2.75, 3.05) is 10.8 Å². The van der Waals surface area contributed by atoms with Gasteiger partial charge in [0.1, 0.15) is 12.6 Å². The molecule has 0 spiro atoms. The predicted molar refractivity (Wildman–Crippen MR) is 162 cm³/mol. The third-order valence-corrected chi connectivity index (χ3v) is 8.92. The van der Waals surface area contributed by atoms with Crippen LogP contribution in [0.4, 0.5) is 5.69 Å². The second-order valence-corrected chi connectivity index (χ2v) is 12.7. The molecule has 1 N–H and O–H groups in total. The van der Waals surface area contributed by atoms with E-state index in [0.29, 0.717) is 20.6 Å². The van der Waals surface area contributed by atoms with Gasteiger partial charge >= 0.3 is 0 Å². The number of rotatable bonds is 11. The highest BCUT2D eigenvalue weighted by atomic mass is 35.5. The Kier molecular flexibility index (Phi) is 10.9. The Morgan fingerprint density at radius 3 is 2.08 bits per heavy atom. The van der Waals surface area contributed by atoms with Crippen LogP contribution in [0.25, 0.3) is 0 Å². The zero-order chi connectivity index (χ0) is 29.6. The third kappa shape index (κ3) is 7.69. The first-order valence-electron chi connectivity index (χ1n) is 12.7. The van der Waals surface area contributed by atoms with Crippen LogP contribution in [0.2, 0.25) is 15.1 Å². The summed E-state index contributed by atoms with van der Waals surface area (Å²) in [7, 11) is -4.20. The van der Waals surface area contributed by atoms with E-state index in [2.05, 4.69) is 5.32 Å². The minimum Gasteiger partial charge on any atom is -0.352 e. The summed E-state index contributed by atoms with van der Waals surface area (Å²) in [5, 5.41) is 3.80. The largest absolute Gasteiger partial charge is 0.352 e. The van der Waals surface area contributed by atoms with Gasteiger partial charge in [0.25, 0.3) is 10.0 Å². The zero-order valence-corrected chi connectivity index (χ0v) is 25.8. The van der Waals surface area contributed by atoms with E-state index in [1.54, 1.807) is 55.5 Å². The lowest BCUT2D eigenvalue weighted by Gasteiger charge is -2.34. The molecule has 40 heavy (non-hydrogen) atoms. The molecule has 3 aromatic carbocycles. The van der Waals surface area contributed by atoms with E-state index in [1.165, 1.54) is 23.1 Å². The quantitative estimate of drug-likeness (QED) is 0.265. The number of nitrogens with one attached hydrogen (secondary N) is 1.